The van der Waals surface area contributed by atoms with Gasteiger partial charge in [-0.2, -0.15) is 5.10 Å². The quantitative estimate of drug-likeness (QED) is 0.703. The van der Waals surface area contributed by atoms with Crippen LogP contribution in [0.3, 0.4) is 0 Å². The van der Waals surface area contributed by atoms with Gasteiger partial charge in [-0.1, -0.05) is 11.6 Å². The summed E-state index contributed by atoms with van der Waals surface area (Å²) >= 11 is 6.11. The van der Waals surface area contributed by atoms with Crippen molar-refractivity contribution in [2.24, 2.45) is 5.92 Å². The second kappa shape index (κ2) is 7.54. The van der Waals surface area contributed by atoms with Gasteiger partial charge >= 0.3 is 0 Å². The second-order valence-electron chi connectivity index (χ2n) is 6.64. The summed E-state index contributed by atoms with van der Waals surface area (Å²) < 4.78 is 7.62. The Hall–Kier alpha value is -2.64. The average molecular weight is 387 g/mol. The van der Waals surface area contributed by atoms with E-state index in [1.165, 1.54) is 10.7 Å². The molecule has 1 aliphatic carbocycles. The average Bonchev–Trinajstić information content (AvgIpc) is 3.30. The van der Waals surface area contributed by atoms with Gasteiger partial charge in [0.1, 0.15) is 11.3 Å². The number of amides is 1. The molecule has 2 aromatic heterocycles. The lowest BCUT2D eigenvalue weighted by atomic mass is 10.1. The molecule has 1 fully saturated rings. The number of aromatic nitrogens is 3. The van der Waals surface area contributed by atoms with Crippen LogP contribution in [0.25, 0.3) is 5.65 Å². The molecule has 0 spiro atoms. The Morgan fingerprint density at radius 2 is 2.30 bits per heavy atom. The first-order chi connectivity index (χ1) is 13.1. The summed E-state index contributed by atoms with van der Waals surface area (Å²) in [4.78, 5) is 17.0. The van der Waals surface area contributed by atoms with Crippen molar-refractivity contribution in [1.82, 2.24) is 14.6 Å². The van der Waals surface area contributed by atoms with E-state index in [4.69, 9.17) is 16.3 Å². The second-order valence-corrected chi connectivity index (χ2v) is 7.08. The van der Waals surface area contributed by atoms with Crippen molar-refractivity contribution < 1.29 is 14.6 Å². The third-order valence-corrected chi connectivity index (χ3v) is 4.99. The maximum absolute atomic E-state index is 12.8. The molecule has 8 heteroatoms. The number of fused-ring (bicyclic) bond motifs is 1. The third-order valence-electron chi connectivity index (χ3n) is 4.76. The van der Waals surface area contributed by atoms with Crippen molar-refractivity contribution in [2.45, 2.75) is 25.4 Å². The number of anilines is 1. The predicted molar refractivity (Wildman–Crippen MR) is 101 cm³/mol. The van der Waals surface area contributed by atoms with Crippen LogP contribution in [0.2, 0.25) is 5.02 Å². The van der Waals surface area contributed by atoms with E-state index in [2.05, 4.69) is 15.4 Å². The lowest BCUT2D eigenvalue weighted by Gasteiger charge is -2.17. The van der Waals surface area contributed by atoms with Crippen LogP contribution >= 0.6 is 11.6 Å². The molecular formula is C19H19ClN4O3. The van der Waals surface area contributed by atoms with Gasteiger partial charge in [-0.25, -0.2) is 9.50 Å². The van der Waals surface area contributed by atoms with E-state index in [0.717, 1.165) is 19.3 Å². The maximum Gasteiger partial charge on any atom is 0.261 e. The van der Waals surface area contributed by atoms with Gasteiger partial charge in [0.15, 0.2) is 5.65 Å². The van der Waals surface area contributed by atoms with Crippen molar-refractivity contribution in [2.75, 3.05) is 11.9 Å². The number of carbonyl (C=O) groups is 1. The summed E-state index contributed by atoms with van der Waals surface area (Å²) in [5, 5.41) is 16.8. The number of hydrogen-bond acceptors (Lipinski definition) is 5. The van der Waals surface area contributed by atoms with Gasteiger partial charge in [0.05, 0.1) is 18.0 Å². The molecule has 1 aromatic carbocycles. The Kier molecular flexibility index (Phi) is 4.96. The van der Waals surface area contributed by atoms with Crippen molar-refractivity contribution in [3.05, 3.63) is 53.4 Å². The third kappa shape index (κ3) is 3.74. The highest BCUT2D eigenvalue weighted by molar-refractivity contribution is 6.31. The van der Waals surface area contributed by atoms with Crippen molar-refractivity contribution in [1.29, 1.82) is 0 Å². The van der Waals surface area contributed by atoms with Crippen LogP contribution in [-0.2, 0) is 0 Å². The number of aliphatic hydroxyl groups is 1. The van der Waals surface area contributed by atoms with E-state index in [-0.39, 0.29) is 24.5 Å². The van der Waals surface area contributed by atoms with Crippen molar-refractivity contribution in [3.63, 3.8) is 0 Å². The largest absolute Gasteiger partial charge is 0.488 e. The lowest BCUT2D eigenvalue weighted by Crippen LogP contribution is -2.17. The first-order valence-electron chi connectivity index (χ1n) is 8.81. The maximum atomic E-state index is 12.8. The molecule has 2 heterocycles. The summed E-state index contributed by atoms with van der Waals surface area (Å²) in [6.07, 6.45) is 7.43. The van der Waals surface area contributed by atoms with Crippen LogP contribution in [-0.4, -0.2) is 38.3 Å². The van der Waals surface area contributed by atoms with Gasteiger partial charge in [0.2, 0.25) is 0 Å². The van der Waals surface area contributed by atoms with Gasteiger partial charge < -0.3 is 15.2 Å². The molecule has 140 valence electrons. The predicted octanol–water partition coefficient (Wildman–Crippen LogP) is 3.17. The normalized spacial score (nSPS) is 19.3. The molecule has 1 aliphatic rings. The molecule has 1 amide bonds. The van der Waals surface area contributed by atoms with E-state index in [9.17, 15) is 9.90 Å². The molecule has 0 radical (unpaired) electrons. The minimum atomic E-state index is -0.338. The highest BCUT2D eigenvalue weighted by Gasteiger charge is 2.26. The number of nitrogens with zero attached hydrogens (tertiary/aromatic N) is 3. The molecule has 2 N–H and O–H groups in total. The fraction of sp³-hybridized carbons (Fsp3) is 0.316. The Morgan fingerprint density at radius 1 is 1.41 bits per heavy atom. The summed E-state index contributed by atoms with van der Waals surface area (Å²) in [5.41, 5.74) is 1.33. The fourth-order valence-electron chi connectivity index (χ4n) is 3.36. The lowest BCUT2D eigenvalue weighted by molar-refractivity contribution is 0.102. The standard InChI is InChI=1S/C19H19ClN4O3/c20-13-3-5-17(27-14-4-2-12(8-14)11-25)16(9-13)23-19(26)15-10-22-24-7-1-6-21-18(15)24/h1,3,5-7,9-10,12,14,25H,2,4,8,11H2,(H,23,26). The van der Waals surface area contributed by atoms with Crippen molar-refractivity contribution in [3.8, 4) is 5.75 Å². The smallest absolute Gasteiger partial charge is 0.261 e. The summed E-state index contributed by atoms with van der Waals surface area (Å²) in [5.74, 6) is 0.487. The Bertz CT molecular complexity index is 974. The molecule has 0 bridgehead atoms. The van der Waals surface area contributed by atoms with E-state index in [0.29, 0.717) is 27.7 Å². The molecule has 1 saturated carbocycles. The first-order valence-corrected chi connectivity index (χ1v) is 9.18. The highest BCUT2D eigenvalue weighted by Crippen LogP contribution is 2.34. The Labute approximate surface area is 160 Å². The van der Waals surface area contributed by atoms with Crippen LogP contribution in [0, 0.1) is 5.92 Å². The number of hydrogen-bond donors (Lipinski definition) is 2. The number of carbonyl (C=O) groups excluding carboxylic acids is 1. The van der Waals surface area contributed by atoms with Crippen molar-refractivity contribution >= 4 is 28.8 Å². The fourth-order valence-corrected chi connectivity index (χ4v) is 3.53. The van der Waals surface area contributed by atoms with E-state index >= 15 is 0 Å². The van der Waals surface area contributed by atoms with E-state index in [1.54, 1.807) is 36.7 Å². The topological polar surface area (TPSA) is 88.8 Å². The van der Waals surface area contributed by atoms with Gasteiger partial charge in [0.25, 0.3) is 5.91 Å². The molecular weight excluding hydrogens is 368 g/mol. The van der Waals surface area contributed by atoms with E-state index in [1.807, 2.05) is 0 Å². The summed E-state index contributed by atoms with van der Waals surface area (Å²) in [6.45, 7) is 0.172. The first kappa shape index (κ1) is 17.8. The van der Waals surface area contributed by atoms with Crippen LogP contribution < -0.4 is 10.1 Å². The zero-order chi connectivity index (χ0) is 18.8. The highest BCUT2D eigenvalue weighted by atomic mass is 35.5. The molecule has 2 unspecified atom stereocenters. The van der Waals surface area contributed by atoms with Gasteiger partial charge in [-0.15, -0.1) is 0 Å². The van der Waals surface area contributed by atoms with Crippen LogP contribution in [0.4, 0.5) is 5.69 Å². The molecule has 2 atom stereocenters. The molecule has 0 saturated heterocycles. The zero-order valence-corrected chi connectivity index (χ0v) is 15.3. The molecule has 27 heavy (non-hydrogen) atoms. The van der Waals surface area contributed by atoms with Crippen LogP contribution in [0.5, 0.6) is 5.75 Å². The molecule has 7 nitrogen and oxygen atoms in total. The number of ether oxygens (including phenoxy) is 1. The van der Waals surface area contributed by atoms with Gasteiger partial charge in [0, 0.05) is 24.0 Å². The summed E-state index contributed by atoms with van der Waals surface area (Å²) in [7, 11) is 0. The van der Waals surface area contributed by atoms with E-state index < -0.39 is 0 Å². The number of halogens is 1. The number of aliphatic hydroxyl groups excluding tert-OH is 1. The monoisotopic (exact) mass is 386 g/mol. The molecule has 0 aliphatic heterocycles. The Balaban J connectivity index is 1.56. The number of nitrogens with one attached hydrogen (secondary N) is 1. The zero-order valence-electron chi connectivity index (χ0n) is 14.5. The Morgan fingerprint density at radius 3 is 3.11 bits per heavy atom. The van der Waals surface area contributed by atoms with Crippen LogP contribution in [0.1, 0.15) is 29.6 Å². The minimum absolute atomic E-state index is 0.0117. The SMILES string of the molecule is O=C(Nc1cc(Cl)ccc1OC1CCC(CO)C1)c1cnn2cccnc12. The summed E-state index contributed by atoms with van der Waals surface area (Å²) in [6, 6.07) is 6.87. The van der Waals surface area contributed by atoms with Gasteiger partial charge in [-0.3, -0.25) is 4.79 Å². The molecule has 4 rings (SSSR count). The van der Waals surface area contributed by atoms with Crippen LogP contribution in [0.15, 0.2) is 42.9 Å². The van der Waals surface area contributed by atoms with Gasteiger partial charge in [-0.05, 0) is 49.4 Å². The molecule has 3 aromatic rings. The number of benzene rings is 1. The minimum Gasteiger partial charge on any atom is -0.488 e. The number of rotatable bonds is 5.